The lowest BCUT2D eigenvalue weighted by Crippen LogP contribution is -2.52. The molecule has 3 N–H and O–H groups in total. The normalized spacial score (nSPS) is 32.0. The van der Waals surface area contributed by atoms with Crippen LogP contribution in [0.3, 0.4) is 0 Å². The topological polar surface area (TPSA) is 132 Å². The Labute approximate surface area is 182 Å². The molecule has 1 unspecified atom stereocenters. The minimum atomic E-state index is -4.18. The molecule has 32 heavy (non-hydrogen) atoms. The van der Waals surface area contributed by atoms with Crippen molar-refractivity contribution < 1.29 is 41.5 Å². The number of fused-ring (bicyclic) bond motifs is 1. The van der Waals surface area contributed by atoms with Crippen LogP contribution in [0.5, 0.6) is 5.75 Å². The van der Waals surface area contributed by atoms with Crippen molar-refractivity contribution in [2.75, 3.05) is 6.61 Å². The lowest BCUT2D eigenvalue weighted by molar-refractivity contribution is -0.195. The van der Waals surface area contributed by atoms with Crippen molar-refractivity contribution in [2.45, 2.75) is 37.1 Å². The number of halogens is 4. The van der Waals surface area contributed by atoms with Gasteiger partial charge in [0.1, 0.15) is 24.3 Å². The van der Waals surface area contributed by atoms with E-state index in [9.17, 15) is 32.8 Å². The van der Waals surface area contributed by atoms with Crippen molar-refractivity contribution in [1.82, 2.24) is 9.55 Å². The minimum Gasteiger partial charge on any atom is -0.387 e. The zero-order chi connectivity index (χ0) is 23.3. The van der Waals surface area contributed by atoms with Gasteiger partial charge in [-0.05, 0) is 6.07 Å². The van der Waals surface area contributed by atoms with Crippen molar-refractivity contribution in [3.8, 4) is 5.75 Å². The van der Waals surface area contributed by atoms with Crippen molar-refractivity contribution in [1.29, 1.82) is 0 Å². The van der Waals surface area contributed by atoms with Crippen molar-refractivity contribution >= 4 is 19.8 Å². The van der Waals surface area contributed by atoms with E-state index in [1.807, 2.05) is 0 Å². The van der Waals surface area contributed by atoms with Gasteiger partial charge < -0.3 is 9.84 Å². The first-order chi connectivity index (χ1) is 15.1. The van der Waals surface area contributed by atoms with Gasteiger partial charge >= 0.3 is 13.9 Å². The SMILES string of the molecule is O=c1[nH]c(=O)n([C@@H]2O[C@@](CO[P+]3(O)OCc4ccccc4O3)(C(F)F)[C@H](O)[C@H]2F)cc1Cl. The van der Waals surface area contributed by atoms with Crippen LogP contribution >= 0.6 is 19.8 Å². The number of hydrogen-bond donors (Lipinski definition) is 3. The summed E-state index contributed by atoms with van der Waals surface area (Å²) in [5.41, 5.74) is -4.62. The fraction of sp³-hybridized carbons (Fsp3) is 0.412. The Morgan fingerprint density at radius 1 is 1.38 bits per heavy atom. The summed E-state index contributed by atoms with van der Waals surface area (Å²) in [6, 6.07) is 6.44. The van der Waals surface area contributed by atoms with Gasteiger partial charge in [-0.15, -0.1) is 9.05 Å². The van der Waals surface area contributed by atoms with E-state index in [4.69, 9.17) is 29.9 Å². The predicted molar refractivity (Wildman–Crippen MR) is 103 cm³/mol. The number of hydrogen-bond acceptors (Lipinski definition) is 8. The first-order valence-corrected chi connectivity index (χ1v) is 10.9. The average Bonchev–Trinajstić information content (AvgIpc) is 3.01. The molecule has 2 aliphatic heterocycles. The number of aromatic amines is 1. The third-order valence-corrected chi connectivity index (χ3v) is 6.61. The van der Waals surface area contributed by atoms with Crippen LogP contribution in [0, 0.1) is 0 Å². The molecule has 0 radical (unpaired) electrons. The summed E-state index contributed by atoms with van der Waals surface area (Å²) < 4.78 is 63.8. The van der Waals surface area contributed by atoms with E-state index in [0.29, 0.717) is 16.3 Å². The Morgan fingerprint density at radius 3 is 2.81 bits per heavy atom. The van der Waals surface area contributed by atoms with E-state index in [-0.39, 0.29) is 12.4 Å². The van der Waals surface area contributed by atoms with Crippen molar-refractivity contribution in [2.24, 2.45) is 0 Å². The van der Waals surface area contributed by atoms with Crippen LogP contribution in [-0.2, 0) is 20.4 Å². The summed E-state index contributed by atoms with van der Waals surface area (Å²) in [4.78, 5) is 35.7. The second-order valence-electron chi connectivity index (χ2n) is 7.01. The maximum Gasteiger partial charge on any atom is 0.619 e. The molecular weight excluding hydrogens is 484 g/mol. The largest absolute Gasteiger partial charge is 0.619 e. The number of para-hydroxylation sites is 1. The lowest BCUT2D eigenvalue weighted by Gasteiger charge is -2.31. The highest BCUT2D eigenvalue weighted by molar-refractivity contribution is 7.55. The highest BCUT2D eigenvalue weighted by Gasteiger charge is 2.64. The van der Waals surface area contributed by atoms with Crippen LogP contribution in [0.25, 0.3) is 0 Å². The zero-order valence-corrected chi connectivity index (χ0v) is 17.5. The summed E-state index contributed by atoms with van der Waals surface area (Å²) in [7, 11) is -4.18. The number of nitrogens with one attached hydrogen (secondary N) is 1. The van der Waals surface area contributed by atoms with Gasteiger partial charge in [-0.1, -0.05) is 29.8 Å². The van der Waals surface area contributed by atoms with Crippen LogP contribution < -0.4 is 15.8 Å². The number of benzene rings is 1. The average molecular weight is 500 g/mol. The number of aliphatic hydroxyl groups excluding tert-OH is 1. The van der Waals surface area contributed by atoms with Gasteiger partial charge in [0.2, 0.25) is 0 Å². The molecular formula is C17H16ClF3N2O8P+. The number of aliphatic hydroxyl groups is 1. The third kappa shape index (κ3) is 3.94. The molecule has 5 atom stereocenters. The van der Waals surface area contributed by atoms with Gasteiger partial charge in [-0.25, -0.2) is 18.0 Å². The van der Waals surface area contributed by atoms with E-state index >= 15 is 0 Å². The Morgan fingerprint density at radius 2 is 2.09 bits per heavy atom. The first-order valence-electron chi connectivity index (χ1n) is 9.04. The number of ether oxygens (including phenoxy) is 1. The number of aromatic nitrogens is 2. The quantitative estimate of drug-likeness (QED) is 0.530. The van der Waals surface area contributed by atoms with Crippen LogP contribution in [0.1, 0.15) is 11.8 Å². The molecule has 1 aromatic heterocycles. The number of rotatable bonds is 5. The van der Waals surface area contributed by atoms with Crippen LogP contribution in [0.4, 0.5) is 13.2 Å². The van der Waals surface area contributed by atoms with E-state index in [2.05, 4.69) is 0 Å². The Balaban J connectivity index is 1.59. The number of nitrogens with zero attached hydrogens (tertiary/aromatic N) is 1. The first kappa shape index (κ1) is 23.2. The van der Waals surface area contributed by atoms with Gasteiger partial charge in [0.05, 0.1) is 0 Å². The van der Waals surface area contributed by atoms with Crippen molar-refractivity contribution in [3.63, 3.8) is 0 Å². The highest BCUT2D eigenvalue weighted by atomic mass is 35.5. The molecule has 0 amide bonds. The second-order valence-corrected chi connectivity index (χ2v) is 9.05. The molecule has 4 rings (SSSR count). The summed E-state index contributed by atoms with van der Waals surface area (Å²) >= 11 is 5.63. The van der Waals surface area contributed by atoms with E-state index in [1.54, 1.807) is 23.2 Å². The molecule has 0 aliphatic carbocycles. The zero-order valence-electron chi connectivity index (χ0n) is 15.9. The van der Waals surface area contributed by atoms with Gasteiger partial charge in [-0.2, -0.15) is 4.89 Å². The molecule has 0 bridgehead atoms. The van der Waals surface area contributed by atoms with E-state index < -0.39 is 61.6 Å². The van der Waals surface area contributed by atoms with Gasteiger partial charge in [0.25, 0.3) is 12.0 Å². The molecule has 3 heterocycles. The Bertz CT molecular complexity index is 1140. The fourth-order valence-corrected chi connectivity index (χ4v) is 4.69. The minimum absolute atomic E-state index is 0.148. The summed E-state index contributed by atoms with van der Waals surface area (Å²) in [5, 5.41) is 9.73. The van der Waals surface area contributed by atoms with Gasteiger partial charge in [0.15, 0.2) is 23.8 Å². The maximum absolute atomic E-state index is 14.8. The van der Waals surface area contributed by atoms with Crippen LogP contribution in [0.2, 0.25) is 5.02 Å². The van der Waals surface area contributed by atoms with E-state index in [1.165, 1.54) is 6.07 Å². The Kier molecular flexibility index (Phi) is 6.09. The van der Waals surface area contributed by atoms with Crippen molar-refractivity contribution in [3.05, 3.63) is 61.9 Å². The van der Waals surface area contributed by atoms with Crippen LogP contribution in [0.15, 0.2) is 40.1 Å². The monoisotopic (exact) mass is 499 g/mol. The molecule has 10 nitrogen and oxygen atoms in total. The standard InChI is InChI=1S/C17H15ClF3N2O8P/c18-9-5-23(16(26)22-13(9)25)14-11(19)12(24)17(30-14,15(20)21)7-29-32(27)28-6-8-3-1-2-4-10(8)31-32/h1-5,11-12,14-15,24,27H,6-7H2/p+1/t11-,12-,14-,17-,32?/m1/s1. The summed E-state index contributed by atoms with van der Waals surface area (Å²) in [5.74, 6) is 0.198. The van der Waals surface area contributed by atoms with Crippen LogP contribution in [-0.4, -0.2) is 50.5 Å². The summed E-state index contributed by atoms with van der Waals surface area (Å²) in [6.07, 6.45) is -9.95. The predicted octanol–water partition coefficient (Wildman–Crippen LogP) is 1.72. The second kappa shape index (κ2) is 8.41. The molecule has 174 valence electrons. The maximum atomic E-state index is 14.8. The molecule has 2 aliphatic rings. The highest BCUT2D eigenvalue weighted by Crippen LogP contribution is 2.62. The molecule has 15 heteroatoms. The Hall–Kier alpha value is -1.99. The molecule has 2 aromatic rings. The number of H-pyrrole nitrogens is 1. The fourth-order valence-electron chi connectivity index (χ4n) is 3.27. The molecule has 0 spiro atoms. The smallest absolute Gasteiger partial charge is 0.387 e. The molecule has 1 aromatic carbocycles. The number of alkyl halides is 3. The molecule has 0 saturated carbocycles. The van der Waals surface area contributed by atoms with Gasteiger partial charge in [0, 0.05) is 11.8 Å². The molecule has 1 saturated heterocycles. The lowest BCUT2D eigenvalue weighted by atomic mass is 9.97. The summed E-state index contributed by atoms with van der Waals surface area (Å²) in [6.45, 7) is -1.40. The third-order valence-electron chi connectivity index (χ3n) is 5.01. The van der Waals surface area contributed by atoms with Gasteiger partial charge in [-0.3, -0.25) is 18.9 Å². The van der Waals surface area contributed by atoms with E-state index in [0.717, 1.165) is 0 Å². The molecule has 1 fully saturated rings.